The quantitative estimate of drug-likeness (QED) is 0.529. The van der Waals surface area contributed by atoms with E-state index < -0.39 is 0 Å². The summed E-state index contributed by atoms with van der Waals surface area (Å²) in [5.74, 6) is 0.729. The standard InChI is InChI=1S/C22H18BrFN2O2/c1-13-7-8-15(9-18(13)24)12-26-19-6-4-3-5-16(19)21(23)17(10-20(26)27)22-25-11-14(2)28-22/h3-9,11H,10,12H2,1-2H3. The molecule has 4 rings (SSSR count). The van der Waals surface area contributed by atoms with Gasteiger partial charge in [-0.2, -0.15) is 0 Å². The Morgan fingerprint density at radius 2 is 2.00 bits per heavy atom. The molecule has 0 aliphatic carbocycles. The van der Waals surface area contributed by atoms with Crippen LogP contribution in [0.4, 0.5) is 10.1 Å². The predicted octanol–water partition coefficient (Wildman–Crippen LogP) is 5.63. The summed E-state index contributed by atoms with van der Waals surface area (Å²) in [4.78, 5) is 19.2. The van der Waals surface area contributed by atoms with Crippen LogP contribution in [0.1, 0.15) is 34.8 Å². The van der Waals surface area contributed by atoms with Gasteiger partial charge in [-0.3, -0.25) is 4.79 Å². The molecule has 0 atom stereocenters. The first-order valence-electron chi connectivity index (χ1n) is 8.90. The van der Waals surface area contributed by atoms with Crippen LogP contribution in [0.15, 0.2) is 53.1 Å². The molecule has 0 bridgehead atoms. The third-order valence-electron chi connectivity index (χ3n) is 4.78. The van der Waals surface area contributed by atoms with Crippen molar-refractivity contribution in [3.63, 3.8) is 0 Å². The van der Waals surface area contributed by atoms with Gasteiger partial charge in [0.05, 0.1) is 24.8 Å². The number of anilines is 1. The van der Waals surface area contributed by atoms with Gasteiger partial charge >= 0.3 is 0 Å². The van der Waals surface area contributed by atoms with Crippen molar-refractivity contribution < 1.29 is 13.6 Å². The first-order valence-corrected chi connectivity index (χ1v) is 9.69. The SMILES string of the molecule is Cc1cnc(C2=C(Br)c3ccccc3N(Cc3ccc(C)c(F)c3)C(=O)C2)o1. The molecule has 142 valence electrons. The summed E-state index contributed by atoms with van der Waals surface area (Å²) < 4.78 is 20.5. The minimum atomic E-state index is -0.275. The van der Waals surface area contributed by atoms with E-state index in [0.717, 1.165) is 21.3 Å². The highest BCUT2D eigenvalue weighted by Crippen LogP contribution is 2.41. The van der Waals surface area contributed by atoms with Crippen LogP contribution in [-0.2, 0) is 11.3 Å². The van der Waals surface area contributed by atoms with E-state index >= 15 is 0 Å². The molecule has 1 aromatic heterocycles. The monoisotopic (exact) mass is 440 g/mol. The maximum Gasteiger partial charge on any atom is 0.231 e. The third kappa shape index (κ3) is 3.40. The molecule has 2 heterocycles. The van der Waals surface area contributed by atoms with Crippen LogP contribution < -0.4 is 4.90 Å². The third-order valence-corrected chi connectivity index (χ3v) is 5.69. The van der Waals surface area contributed by atoms with Gasteiger partial charge in [0.15, 0.2) is 0 Å². The number of benzene rings is 2. The van der Waals surface area contributed by atoms with Gasteiger partial charge in [0.25, 0.3) is 0 Å². The largest absolute Gasteiger partial charge is 0.442 e. The van der Waals surface area contributed by atoms with E-state index in [-0.39, 0.29) is 24.7 Å². The van der Waals surface area contributed by atoms with E-state index in [1.165, 1.54) is 6.07 Å². The average Bonchev–Trinajstić information content (AvgIpc) is 3.08. The van der Waals surface area contributed by atoms with Crippen molar-refractivity contribution in [3.05, 3.63) is 82.8 Å². The number of oxazole rings is 1. The van der Waals surface area contributed by atoms with Crippen molar-refractivity contribution in [2.24, 2.45) is 0 Å². The van der Waals surface area contributed by atoms with Crippen LogP contribution in [0.25, 0.3) is 10.1 Å². The molecular formula is C22H18BrFN2O2. The molecule has 1 aliphatic rings. The number of aromatic nitrogens is 1. The summed E-state index contributed by atoms with van der Waals surface area (Å²) in [7, 11) is 0. The Morgan fingerprint density at radius 1 is 1.21 bits per heavy atom. The molecule has 0 spiro atoms. The van der Waals surface area contributed by atoms with Crippen molar-refractivity contribution >= 4 is 37.6 Å². The van der Waals surface area contributed by atoms with Gasteiger partial charge in [0, 0.05) is 15.6 Å². The molecule has 0 unspecified atom stereocenters. The second-order valence-electron chi connectivity index (χ2n) is 6.83. The van der Waals surface area contributed by atoms with E-state index in [4.69, 9.17) is 4.42 Å². The fourth-order valence-corrected chi connectivity index (χ4v) is 3.92. The molecule has 1 amide bonds. The minimum Gasteiger partial charge on any atom is -0.442 e. The van der Waals surface area contributed by atoms with Crippen molar-refractivity contribution in [3.8, 4) is 0 Å². The number of carbonyl (C=O) groups excluding carboxylic acids is 1. The number of para-hydroxylation sites is 1. The van der Waals surface area contributed by atoms with Crippen LogP contribution in [0.5, 0.6) is 0 Å². The average molecular weight is 441 g/mol. The number of nitrogens with zero attached hydrogens (tertiary/aromatic N) is 2. The number of hydrogen-bond acceptors (Lipinski definition) is 3. The summed E-state index contributed by atoms with van der Waals surface area (Å²) >= 11 is 3.65. The van der Waals surface area contributed by atoms with Gasteiger partial charge in [0.1, 0.15) is 11.6 Å². The maximum atomic E-state index is 14.0. The minimum absolute atomic E-state index is 0.103. The topological polar surface area (TPSA) is 46.3 Å². The van der Waals surface area contributed by atoms with Gasteiger partial charge < -0.3 is 9.32 Å². The summed E-state index contributed by atoms with van der Waals surface area (Å²) in [6.07, 6.45) is 1.76. The Kier molecular flexibility index (Phi) is 4.89. The maximum absolute atomic E-state index is 14.0. The molecule has 0 radical (unpaired) electrons. The van der Waals surface area contributed by atoms with Crippen LogP contribution in [0.3, 0.4) is 0 Å². The highest BCUT2D eigenvalue weighted by atomic mass is 79.9. The van der Waals surface area contributed by atoms with E-state index in [1.807, 2.05) is 37.3 Å². The van der Waals surface area contributed by atoms with Crippen molar-refractivity contribution in [1.29, 1.82) is 0 Å². The molecule has 0 saturated heterocycles. The van der Waals surface area contributed by atoms with Crippen LogP contribution in [0.2, 0.25) is 0 Å². The van der Waals surface area contributed by atoms with E-state index in [2.05, 4.69) is 20.9 Å². The molecular weight excluding hydrogens is 423 g/mol. The normalized spacial score (nSPS) is 14.3. The Bertz CT molecular complexity index is 1100. The molecule has 0 fully saturated rings. The molecule has 4 nitrogen and oxygen atoms in total. The second-order valence-corrected chi connectivity index (χ2v) is 7.62. The Morgan fingerprint density at radius 3 is 2.71 bits per heavy atom. The van der Waals surface area contributed by atoms with Crippen molar-refractivity contribution in [2.75, 3.05) is 4.90 Å². The number of hydrogen-bond donors (Lipinski definition) is 0. The smallest absolute Gasteiger partial charge is 0.231 e. The number of halogens is 2. The summed E-state index contributed by atoms with van der Waals surface area (Å²) in [5, 5.41) is 0. The predicted molar refractivity (Wildman–Crippen MR) is 110 cm³/mol. The van der Waals surface area contributed by atoms with Crippen molar-refractivity contribution in [1.82, 2.24) is 4.98 Å². The number of fused-ring (bicyclic) bond motifs is 1. The summed E-state index contributed by atoms with van der Waals surface area (Å²) in [6.45, 7) is 3.82. The highest BCUT2D eigenvalue weighted by Gasteiger charge is 2.29. The zero-order valence-corrected chi connectivity index (χ0v) is 17.1. The van der Waals surface area contributed by atoms with E-state index in [1.54, 1.807) is 24.1 Å². The number of amides is 1. The zero-order valence-electron chi connectivity index (χ0n) is 15.5. The lowest BCUT2D eigenvalue weighted by atomic mass is 10.1. The fourth-order valence-electron chi connectivity index (χ4n) is 3.27. The van der Waals surface area contributed by atoms with Gasteiger partial charge in [-0.1, -0.05) is 30.3 Å². The highest BCUT2D eigenvalue weighted by molar-refractivity contribution is 9.15. The first-order chi connectivity index (χ1) is 13.4. The van der Waals surface area contributed by atoms with Gasteiger partial charge in [-0.05, 0) is 53.0 Å². The molecule has 0 N–H and O–H groups in total. The van der Waals surface area contributed by atoms with Crippen LogP contribution >= 0.6 is 15.9 Å². The summed E-state index contributed by atoms with van der Waals surface area (Å²) in [5.41, 5.74) is 3.64. The number of rotatable bonds is 3. The molecule has 0 saturated carbocycles. The molecule has 28 heavy (non-hydrogen) atoms. The molecule has 6 heteroatoms. The summed E-state index contributed by atoms with van der Waals surface area (Å²) in [6, 6.07) is 12.7. The van der Waals surface area contributed by atoms with E-state index in [9.17, 15) is 9.18 Å². The first kappa shape index (κ1) is 18.6. The molecule has 1 aliphatic heterocycles. The van der Waals surface area contributed by atoms with Gasteiger partial charge in [-0.25, -0.2) is 9.37 Å². The van der Waals surface area contributed by atoms with Crippen molar-refractivity contribution in [2.45, 2.75) is 26.8 Å². The second kappa shape index (κ2) is 7.36. The fraction of sp³-hybridized carbons (Fsp3) is 0.182. The number of aryl methyl sites for hydroxylation is 2. The lowest BCUT2D eigenvalue weighted by molar-refractivity contribution is -0.117. The zero-order chi connectivity index (χ0) is 19.8. The van der Waals surface area contributed by atoms with Crippen LogP contribution in [-0.4, -0.2) is 10.9 Å². The van der Waals surface area contributed by atoms with Crippen LogP contribution in [0, 0.1) is 19.7 Å². The van der Waals surface area contributed by atoms with Gasteiger partial charge in [0.2, 0.25) is 11.8 Å². The van der Waals surface area contributed by atoms with E-state index in [0.29, 0.717) is 22.8 Å². The van der Waals surface area contributed by atoms with Gasteiger partial charge in [-0.15, -0.1) is 0 Å². The lowest BCUT2D eigenvalue weighted by Crippen LogP contribution is -2.30. The Hall–Kier alpha value is -2.73. The molecule has 2 aromatic carbocycles. The number of carbonyl (C=O) groups is 1. The Labute approximate surface area is 170 Å². The lowest BCUT2D eigenvalue weighted by Gasteiger charge is -2.23. The molecule has 3 aromatic rings. The Balaban J connectivity index is 1.78.